The lowest BCUT2D eigenvalue weighted by molar-refractivity contribution is -0.155. The van der Waals surface area contributed by atoms with Gasteiger partial charge in [-0.1, -0.05) is 0 Å². The number of halogens is 7. The monoisotopic (exact) mass is 505 g/mol. The summed E-state index contributed by atoms with van der Waals surface area (Å²) < 4.78 is 105. The Labute approximate surface area is 193 Å². The van der Waals surface area contributed by atoms with Crippen LogP contribution in [-0.4, -0.2) is 46.5 Å². The van der Waals surface area contributed by atoms with Gasteiger partial charge in [0.15, 0.2) is 0 Å². The molecule has 0 saturated carbocycles. The molecule has 7 nitrogen and oxygen atoms in total. The fourth-order valence-corrected chi connectivity index (χ4v) is 4.56. The normalized spacial score (nSPS) is 19.9. The fourth-order valence-electron chi connectivity index (χ4n) is 4.56. The van der Waals surface area contributed by atoms with Crippen molar-refractivity contribution in [2.75, 3.05) is 31.5 Å². The first-order valence-electron chi connectivity index (χ1n) is 10.6. The van der Waals surface area contributed by atoms with Gasteiger partial charge in [-0.05, 0) is 36.6 Å². The maximum absolute atomic E-state index is 13.9. The van der Waals surface area contributed by atoms with E-state index >= 15 is 0 Å². The molecule has 0 radical (unpaired) electrons. The van der Waals surface area contributed by atoms with Crippen molar-refractivity contribution in [3.05, 3.63) is 46.9 Å². The van der Waals surface area contributed by atoms with Gasteiger partial charge in [0.2, 0.25) is 17.6 Å². The second-order valence-corrected chi connectivity index (χ2v) is 8.41. The number of anilines is 1. The van der Waals surface area contributed by atoms with E-state index in [1.807, 2.05) is 0 Å². The van der Waals surface area contributed by atoms with Crippen LogP contribution >= 0.6 is 0 Å². The minimum Gasteiger partial charge on any atom is -0.356 e. The van der Waals surface area contributed by atoms with Gasteiger partial charge in [0, 0.05) is 29.1 Å². The maximum Gasteiger partial charge on any atom is 0.451 e. The Morgan fingerprint density at radius 2 is 1.63 bits per heavy atom. The van der Waals surface area contributed by atoms with Gasteiger partial charge in [0.25, 0.3) is 0 Å². The van der Waals surface area contributed by atoms with Gasteiger partial charge in [-0.15, -0.1) is 0 Å². The Kier molecular flexibility index (Phi) is 5.82. The van der Waals surface area contributed by atoms with E-state index in [0.717, 1.165) is 5.56 Å². The van der Waals surface area contributed by atoms with Crippen LogP contribution in [0, 0.1) is 11.7 Å². The number of aromatic amines is 1. The number of ether oxygens (including phenoxy) is 2. The van der Waals surface area contributed by atoms with E-state index in [9.17, 15) is 30.7 Å². The van der Waals surface area contributed by atoms with Crippen LogP contribution in [0.15, 0.2) is 18.2 Å². The standard InChI is InChI=1S/C21H18F7N5O2/c22-11-1-2-14-13(6-11)12-3-4-33(15(16(12)29-14)5-10-7-34-9-35-8-10)19-31-17(20(23,24)25)30-18(32-19)21(26,27)28/h1-2,6,10,15,29H,3-5,7-9H2/t15-/m0/s1. The van der Waals surface area contributed by atoms with Crippen LogP contribution in [0.25, 0.3) is 10.9 Å². The second-order valence-electron chi connectivity index (χ2n) is 8.41. The van der Waals surface area contributed by atoms with Crippen molar-refractivity contribution in [1.82, 2.24) is 19.9 Å². The zero-order chi connectivity index (χ0) is 25.0. The first-order chi connectivity index (χ1) is 16.5. The molecule has 2 aliphatic heterocycles. The lowest BCUT2D eigenvalue weighted by Gasteiger charge is -2.38. The van der Waals surface area contributed by atoms with Crippen molar-refractivity contribution in [3.63, 3.8) is 0 Å². The summed E-state index contributed by atoms with van der Waals surface area (Å²) in [7, 11) is 0. The number of hydrogen-bond donors (Lipinski definition) is 1. The molecule has 1 saturated heterocycles. The van der Waals surface area contributed by atoms with Gasteiger partial charge in [-0.3, -0.25) is 0 Å². The minimum absolute atomic E-state index is 0.00811. The molecular weight excluding hydrogens is 487 g/mol. The van der Waals surface area contributed by atoms with Gasteiger partial charge in [-0.2, -0.15) is 36.3 Å². The largest absolute Gasteiger partial charge is 0.451 e. The maximum atomic E-state index is 13.9. The molecule has 1 fully saturated rings. The molecule has 0 aliphatic carbocycles. The van der Waals surface area contributed by atoms with Crippen molar-refractivity contribution in [2.45, 2.75) is 31.2 Å². The first-order valence-corrected chi connectivity index (χ1v) is 10.6. The molecular formula is C21H18F7N5O2. The van der Waals surface area contributed by atoms with E-state index in [0.29, 0.717) is 29.8 Å². The summed E-state index contributed by atoms with van der Waals surface area (Å²) >= 11 is 0. The summed E-state index contributed by atoms with van der Waals surface area (Å²) in [6.45, 7) is 0.702. The first kappa shape index (κ1) is 23.7. The molecule has 1 aromatic carbocycles. The second kappa shape index (κ2) is 8.59. The molecule has 14 heteroatoms. The smallest absolute Gasteiger partial charge is 0.356 e. The predicted molar refractivity (Wildman–Crippen MR) is 107 cm³/mol. The molecule has 0 amide bonds. The molecule has 0 spiro atoms. The van der Waals surface area contributed by atoms with Crippen molar-refractivity contribution in [2.24, 2.45) is 5.92 Å². The van der Waals surface area contributed by atoms with E-state index in [-0.39, 0.29) is 32.1 Å². The van der Waals surface area contributed by atoms with Crippen LogP contribution in [0.1, 0.15) is 35.4 Å². The van der Waals surface area contributed by atoms with Gasteiger partial charge < -0.3 is 19.4 Å². The quantitative estimate of drug-likeness (QED) is 0.523. The van der Waals surface area contributed by atoms with E-state index in [1.165, 1.54) is 23.1 Å². The molecule has 0 unspecified atom stereocenters. The average Bonchev–Trinajstić information content (AvgIpc) is 3.17. The number of aromatic nitrogens is 4. The molecule has 3 aromatic rings. The topological polar surface area (TPSA) is 76.2 Å². The predicted octanol–water partition coefficient (Wildman–Crippen LogP) is 4.64. The molecule has 1 N–H and O–H groups in total. The third-order valence-electron chi connectivity index (χ3n) is 6.03. The van der Waals surface area contributed by atoms with Crippen LogP contribution < -0.4 is 4.90 Å². The highest BCUT2D eigenvalue weighted by Crippen LogP contribution is 2.41. The van der Waals surface area contributed by atoms with E-state index in [4.69, 9.17) is 9.47 Å². The number of nitrogens with zero attached hydrogens (tertiary/aromatic N) is 4. The number of H-pyrrole nitrogens is 1. The van der Waals surface area contributed by atoms with Crippen molar-refractivity contribution in [3.8, 4) is 0 Å². The summed E-state index contributed by atoms with van der Waals surface area (Å²) in [6, 6.07) is 3.39. The van der Waals surface area contributed by atoms with Gasteiger partial charge >= 0.3 is 12.4 Å². The summed E-state index contributed by atoms with van der Waals surface area (Å²) in [6.07, 6.45) is -9.94. The molecule has 2 aromatic heterocycles. The summed E-state index contributed by atoms with van der Waals surface area (Å²) in [5.41, 5.74) is 1.88. The number of nitrogens with one attached hydrogen (secondary N) is 1. The fraction of sp³-hybridized carbons (Fsp3) is 0.476. The van der Waals surface area contributed by atoms with Crippen LogP contribution in [0.5, 0.6) is 0 Å². The van der Waals surface area contributed by atoms with E-state index in [1.54, 1.807) is 0 Å². The molecule has 1 atom stereocenters. The molecule has 35 heavy (non-hydrogen) atoms. The van der Waals surface area contributed by atoms with Crippen LogP contribution in [-0.2, 0) is 28.2 Å². The van der Waals surface area contributed by atoms with Crippen LogP contribution in [0.3, 0.4) is 0 Å². The van der Waals surface area contributed by atoms with Crippen molar-refractivity contribution in [1.29, 1.82) is 0 Å². The molecule has 4 heterocycles. The van der Waals surface area contributed by atoms with Gasteiger partial charge in [-0.25, -0.2) is 9.37 Å². The zero-order valence-corrected chi connectivity index (χ0v) is 17.9. The molecule has 188 valence electrons. The number of hydrogen-bond acceptors (Lipinski definition) is 6. The summed E-state index contributed by atoms with van der Waals surface area (Å²) in [5.74, 6) is -5.26. The Morgan fingerprint density at radius 1 is 0.971 bits per heavy atom. The highest BCUT2D eigenvalue weighted by Gasteiger charge is 2.43. The molecule has 0 bridgehead atoms. The lowest BCUT2D eigenvalue weighted by Crippen LogP contribution is -2.40. The third kappa shape index (κ3) is 4.63. The lowest BCUT2D eigenvalue weighted by atomic mass is 9.90. The van der Waals surface area contributed by atoms with Crippen molar-refractivity contribution >= 4 is 16.9 Å². The van der Waals surface area contributed by atoms with E-state index < -0.39 is 41.8 Å². The van der Waals surface area contributed by atoms with Crippen LogP contribution in [0.2, 0.25) is 0 Å². The molecule has 5 rings (SSSR count). The Bertz CT molecular complexity index is 1210. The SMILES string of the molecule is Fc1ccc2[nH]c3c(c2c1)CCN(c1nc(C(F)(F)F)nc(C(F)(F)F)n1)[C@H]3CC1COCOC1. The van der Waals surface area contributed by atoms with Crippen LogP contribution in [0.4, 0.5) is 36.7 Å². The van der Waals surface area contributed by atoms with Crippen molar-refractivity contribution < 1.29 is 40.2 Å². The highest BCUT2D eigenvalue weighted by atomic mass is 19.4. The Morgan fingerprint density at radius 3 is 2.26 bits per heavy atom. The van der Waals surface area contributed by atoms with Gasteiger partial charge in [0.1, 0.15) is 12.6 Å². The number of fused-ring (bicyclic) bond motifs is 3. The van der Waals surface area contributed by atoms with E-state index in [2.05, 4.69) is 19.9 Å². The average molecular weight is 505 g/mol. The summed E-state index contributed by atoms with van der Waals surface area (Å²) in [5, 5.41) is 0.600. The number of rotatable bonds is 3. The number of alkyl halides is 6. The van der Waals surface area contributed by atoms with Gasteiger partial charge in [0.05, 0.1) is 19.3 Å². The highest BCUT2D eigenvalue weighted by molar-refractivity contribution is 5.85. The third-order valence-corrected chi connectivity index (χ3v) is 6.03. The number of benzene rings is 1. The summed E-state index contributed by atoms with van der Waals surface area (Å²) in [4.78, 5) is 13.8. The molecule has 2 aliphatic rings. The Hall–Kier alpha value is -3.00. The minimum atomic E-state index is -5.21. The Balaban J connectivity index is 1.63. The zero-order valence-electron chi connectivity index (χ0n) is 17.9.